The lowest BCUT2D eigenvalue weighted by atomic mass is 9.97. The molecule has 3 aliphatic rings. The van der Waals surface area contributed by atoms with Gasteiger partial charge in [0.15, 0.2) is 0 Å². The Labute approximate surface area is 168 Å². The lowest BCUT2D eigenvalue weighted by molar-refractivity contribution is 0.0196. The zero-order valence-corrected chi connectivity index (χ0v) is 17.5. The Morgan fingerprint density at radius 3 is 1.86 bits per heavy atom. The highest BCUT2D eigenvalue weighted by molar-refractivity contribution is 5.68. The molecular weight excluding hydrogens is 360 g/mol. The number of hydrogen-bond donors (Lipinski definition) is 0. The lowest BCUT2D eigenvalue weighted by Gasteiger charge is -2.46. The second kappa shape index (κ2) is 10.3. The lowest BCUT2D eigenvalue weighted by Crippen LogP contribution is -2.58. The van der Waals surface area contributed by atoms with Crippen molar-refractivity contribution in [1.29, 1.82) is 0 Å². The molecule has 0 saturated carbocycles. The highest BCUT2D eigenvalue weighted by atomic mass is 16.6. The Balaban J connectivity index is 1.44. The van der Waals surface area contributed by atoms with E-state index in [1.165, 1.54) is 12.8 Å². The molecule has 0 bridgehead atoms. The minimum atomic E-state index is -0.180. The Morgan fingerprint density at radius 2 is 1.29 bits per heavy atom. The van der Waals surface area contributed by atoms with E-state index >= 15 is 0 Å². The van der Waals surface area contributed by atoms with Gasteiger partial charge < -0.3 is 19.3 Å². The van der Waals surface area contributed by atoms with Crippen molar-refractivity contribution in [2.45, 2.75) is 51.6 Å². The van der Waals surface area contributed by atoms with E-state index < -0.39 is 0 Å². The molecule has 8 nitrogen and oxygen atoms in total. The first kappa shape index (κ1) is 21.2. The molecule has 2 amide bonds. The van der Waals surface area contributed by atoms with Gasteiger partial charge in [-0.3, -0.25) is 9.80 Å². The van der Waals surface area contributed by atoms with Crippen molar-refractivity contribution in [1.82, 2.24) is 19.6 Å². The van der Waals surface area contributed by atoms with Crippen LogP contribution in [-0.2, 0) is 9.47 Å². The summed E-state index contributed by atoms with van der Waals surface area (Å²) in [6, 6.07) is 1.13. The monoisotopic (exact) mass is 396 g/mol. The number of nitrogens with zero attached hydrogens (tertiary/aromatic N) is 4. The van der Waals surface area contributed by atoms with Crippen LogP contribution >= 0.6 is 0 Å². The molecule has 3 heterocycles. The van der Waals surface area contributed by atoms with Gasteiger partial charge in [0.1, 0.15) is 0 Å². The summed E-state index contributed by atoms with van der Waals surface area (Å²) < 4.78 is 10.3. The third-order valence-electron chi connectivity index (χ3n) is 6.29. The van der Waals surface area contributed by atoms with E-state index in [1.807, 2.05) is 23.6 Å². The number of rotatable bonds is 4. The minimum absolute atomic E-state index is 0.169. The zero-order chi connectivity index (χ0) is 19.9. The summed E-state index contributed by atoms with van der Waals surface area (Å²) in [6.45, 7) is 11.8. The fourth-order valence-electron chi connectivity index (χ4n) is 4.73. The largest absolute Gasteiger partial charge is 0.450 e. The van der Waals surface area contributed by atoms with Crippen LogP contribution in [0.4, 0.5) is 9.59 Å². The van der Waals surface area contributed by atoms with Gasteiger partial charge in [-0.05, 0) is 46.1 Å². The molecule has 0 aromatic rings. The molecule has 0 unspecified atom stereocenters. The van der Waals surface area contributed by atoms with Crippen LogP contribution in [-0.4, -0.2) is 109 Å². The topological polar surface area (TPSA) is 65.6 Å². The fourth-order valence-corrected chi connectivity index (χ4v) is 4.73. The number of ether oxygens (including phenoxy) is 2. The van der Waals surface area contributed by atoms with Crippen LogP contribution in [0.3, 0.4) is 0 Å². The maximum absolute atomic E-state index is 11.9. The molecule has 28 heavy (non-hydrogen) atoms. The van der Waals surface area contributed by atoms with Crippen LogP contribution in [0.15, 0.2) is 0 Å². The molecule has 3 aliphatic heterocycles. The van der Waals surface area contributed by atoms with Crippen molar-refractivity contribution >= 4 is 12.2 Å². The van der Waals surface area contributed by atoms with E-state index in [1.54, 1.807) is 0 Å². The van der Waals surface area contributed by atoms with Crippen LogP contribution in [0.2, 0.25) is 0 Å². The highest BCUT2D eigenvalue weighted by Gasteiger charge is 2.34. The van der Waals surface area contributed by atoms with Gasteiger partial charge in [-0.25, -0.2) is 9.59 Å². The quantitative estimate of drug-likeness (QED) is 0.723. The van der Waals surface area contributed by atoms with E-state index in [2.05, 4.69) is 9.80 Å². The number of hydrogen-bond acceptors (Lipinski definition) is 6. The van der Waals surface area contributed by atoms with Gasteiger partial charge in [0, 0.05) is 57.9 Å². The van der Waals surface area contributed by atoms with Crippen molar-refractivity contribution in [2.75, 3.05) is 65.6 Å². The molecule has 0 aromatic heterocycles. The average molecular weight is 397 g/mol. The van der Waals surface area contributed by atoms with Crippen molar-refractivity contribution in [3.05, 3.63) is 0 Å². The first-order valence-electron chi connectivity index (χ1n) is 10.9. The third-order valence-corrected chi connectivity index (χ3v) is 6.29. The molecule has 0 spiro atoms. The second-order valence-electron chi connectivity index (χ2n) is 7.93. The minimum Gasteiger partial charge on any atom is -0.450 e. The summed E-state index contributed by atoms with van der Waals surface area (Å²) in [5.74, 6) is 0. The molecule has 1 atom stereocenters. The van der Waals surface area contributed by atoms with Crippen molar-refractivity contribution < 1.29 is 19.1 Å². The van der Waals surface area contributed by atoms with E-state index in [0.29, 0.717) is 25.3 Å². The predicted octanol–water partition coefficient (Wildman–Crippen LogP) is 1.85. The number of carbonyl (C=O) groups excluding carboxylic acids is 2. The van der Waals surface area contributed by atoms with Crippen LogP contribution in [0, 0.1) is 0 Å². The van der Waals surface area contributed by atoms with Crippen LogP contribution in [0.25, 0.3) is 0 Å². The second-order valence-corrected chi connectivity index (χ2v) is 7.93. The average Bonchev–Trinajstić information content (AvgIpc) is 2.74. The molecule has 0 radical (unpaired) electrons. The third kappa shape index (κ3) is 5.29. The standard InChI is InChI=1S/C20H36N4O4/c1-3-27-19(25)22-10-7-17(8-11-22)24-9-5-6-18(16-24)21-12-14-23(15-13-21)20(26)28-4-2/h17-18H,3-16H2,1-2H3/t18-/m0/s1. The van der Waals surface area contributed by atoms with Gasteiger partial charge in [0.25, 0.3) is 0 Å². The first-order chi connectivity index (χ1) is 13.6. The Hall–Kier alpha value is -1.54. The summed E-state index contributed by atoms with van der Waals surface area (Å²) in [6.07, 6.45) is 4.17. The number of amides is 2. The zero-order valence-electron chi connectivity index (χ0n) is 17.5. The normalized spacial score (nSPS) is 25.6. The summed E-state index contributed by atoms with van der Waals surface area (Å²) in [5, 5.41) is 0. The summed E-state index contributed by atoms with van der Waals surface area (Å²) in [7, 11) is 0. The maximum Gasteiger partial charge on any atom is 0.409 e. The molecule has 3 rings (SSSR count). The highest BCUT2D eigenvalue weighted by Crippen LogP contribution is 2.24. The van der Waals surface area contributed by atoms with Gasteiger partial charge >= 0.3 is 12.2 Å². The molecule has 3 fully saturated rings. The summed E-state index contributed by atoms with van der Waals surface area (Å²) >= 11 is 0. The summed E-state index contributed by atoms with van der Waals surface area (Å²) in [5.41, 5.74) is 0. The van der Waals surface area contributed by atoms with Gasteiger partial charge in [0.2, 0.25) is 0 Å². The number of carbonyl (C=O) groups is 2. The SMILES string of the molecule is CCOC(=O)N1CCC(N2CCC[C@H](N3CCN(C(=O)OCC)CC3)C2)CC1. The number of piperazine rings is 1. The molecule has 0 aromatic carbocycles. The van der Waals surface area contributed by atoms with Crippen molar-refractivity contribution in [3.63, 3.8) is 0 Å². The molecule has 0 aliphatic carbocycles. The predicted molar refractivity (Wildman–Crippen MR) is 106 cm³/mol. The smallest absolute Gasteiger partial charge is 0.409 e. The van der Waals surface area contributed by atoms with Gasteiger partial charge in [-0.1, -0.05) is 0 Å². The van der Waals surface area contributed by atoms with E-state index in [9.17, 15) is 9.59 Å². The Bertz CT molecular complexity index is 472. The number of likely N-dealkylation sites (tertiary alicyclic amines) is 2. The molecule has 0 N–H and O–H groups in total. The first-order valence-corrected chi connectivity index (χ1v) is 10.9. The molecule has 8 heteroatoms. The van der Waals surface area contributed by atoms with E-state index in [0.717, 1.165) is 65.2 Å². The molecular formula is C20H36N4O4. The van der Waals surface area contributed by atoms with Crippen molar-refractivity contribution in [2.24, 2.45) is 0 Å². The van der Waals surface area contributed by atoms with Gasteiger partial charge in [-0.15, -0.1) is 0 Å². The molecule has 160 valence electrons. The number of piperidine rings is 2. The van der Waals surface area contributed by atoms with Crippen LogP contribution in [0.5, 0.6) is 0 Å². The molecule has 3 saturated heterocycles. The summed E-state index contributed by atoms with van der Waals surface area (Å²) in [4.78, 5) is 32.6. The fraction of sp³-hybridized carbons (Fsp3) is 0.900. The van der Waals surface area contributed by atoms with Crippen molar-refractivity contribution in [3.8, 4) is 0 Å². The van der Waals surface area contributed by atoms with Gasteiger partial charge in [-0.2, -0.15) is 0 Å². The maximum atomic E-state index is 11.9. The van der Waals surface area contributed by atoms with Gasteiger partial charge in [0.05, 0.1) is 13.2 Å². The van der Waals surface area contributed by atoms with Crippen LogP contribution < -0.4 is 0 Å². The Kier molecular flexibility index (Phi) is 7.79. The van der Waals surface area contributed by atoms with E-state index in [-0.39, 0.29) is 12.2 Å². The van der Waals surface area contributed by atoms with Crippen LogP contribution in [0.1, 0.15) is 39.5 Å². The Morgan fingerprint density at radius 1 is 0.714 bits per heavy atom. The van der Waals surface area contributed by atoms with E-state index in [4.69, 9.17) is 9.47 Å².